The fourth-order valence-corrected chi connectivity index (χ4v) is 1.75. The van der Waals surface area contributed by atoms with Gasteiger partial charge in [-0.25, -0.2) is 0 Å². The highest BCUT2D eigenvalue weighted by atomic mass is 16.5. The van der Waals surface area contributed by atoms with E-state index in [-0.39, 0.29) is 12.4 Å². The quantitative estimate of drug-likeness (QED) is 0.503. The standard InChI is InChI=1S/C16H24O3/c1-4-19-15-9-7-14(8-10-15)16(17)12-18-11-5-6-13(2)3/h7-10,13H,4-6,11-12H2,1-3H3. The SMILES string of the molecule is CCOc1ccc(C(=O)COCCCC(C)C)cc1. The first kappa shape index (κ1) is 15.7. The normalized spacial score (nSPS) is 10.7. The first-order valence-corrected chi connectivity index (χ1v) is 6.97. The van der Waals surface area contributed by atoms with E-state index in [2.05, 4.69) is 13.8 Å². The maximum absolute atomic E-state index is 11.8. The van der Waals surface area contributed by atoms with Crippen molar-refractivity contribution in [3.05, 3.63) is 29.8 Å². The molecular weight excluding hydrogens is 240 g/mol. The molecule has 106 valence electrons. The Kier molecular flexibility index (Phi) is 7.19. The Hall–Kier alpha value is -1.35. The van der Waals surface area contributed by atoms with Gasteiger partial charge in [0.2, 0.25) is 0 Å². The first-order chi connectivity index (χ1) is 9.13. The molecule has 3 nitrogen and oxygen atoms in total. The molecule has 0 aromatic heterocycles. The maximum atomic E-state index is 11.8. The van der Waals surface area contributed by atoms with Gasteiger partial charge in [0.1, 0.15) is 12.4 Å². The van der Waals surface area contributed by atoms with Crippen molar-refractivity contribution in [2.24, 2.45) is 5.92 Å². The molecule has 1 aromatic carbocycles. The first-order valence-electron chi connectivity index (χ1n) is 6.97. The summed E-state index contributed by atoms with van der Waals surface area (Å²) in [7, 11) is 0. The molecule has 0 atom stereocenters. The summed E-state index contributed by atoms with van der Waals surface area (Å²) in [5.74, 6) is 1.50. The van der Waals surface area contributed by atoms with Crippen molar-refractivity contribution < 1.29 is 14.3 Å². The highest BCUT2D eigenvalue weighted by molar-refractivity contribution is 5.97. The number of ether oxygens (including phenoxy) is 2. The molecule has 1 rings (SSSR count). The van der Waals surface area contributed by atoms with Gasteiger partial charge >= 0.3 is 0 Å². The van der Waals surface area contributed by atoms with Crippen LogP contribution < -0.4 is 4.74 Å². The van der Waals surface area contributed by atoms with Gasteiger partial charge in [-0.05, 0) is 49.9 Å². The molecule has 0 saturated carbocycles. The molecule has 19 heavy (non-hydrogen) atoms. The lowest BCUT2D eigenvalue weighted by atomic mass is 10.1. The summed E-state index contributed by atoms with van der Waals surface area (Å²) >= 11 is 0. The van der Waals surface area contributed by atoms with Gasteiger partial charge in [0.25, 0.3) is 0 Å². The fraction of sp³-hybridized carbons (Fsp3) is 0.562. The van der Waals surface area contributed by atoms with Crippen molar-refractivity contribution in [1.29, 1.82) is 0 Å². The van der Waals surface area contributed by atoms with Crippen LogP contribution in [0.1, 0.15) is 44.0 Å². The van der Waals surface area contributed by atoms with Crippen LogP contribution in [0.25, 0.3) is 0 Å². The summed E-state index contributed by atoms with van der Waals surface area (Å²) in [4.78, 5) is 11.8. The van der Waals surface area contributed by atoms with Gasteiger partial charge in [-0.15, -0.1) is 0 Å². The van der Waals surface area contributed by atoms with Gasteiger partial charge < -0.3 is 9.47 Å². The van der Waals surface area contributed by atoms with E-state index in [9.17, 15) is 4.79 Å². The summed E-state index contributed by atoms with van der Waals surface area (Å²) in [6, 6.07) is 7.20. The van der Waals surface area contributed by atoms with Gasteiger partial charge in [0.05, 0.1) is 6.61 Å². The van der Waals surface area contributed by atoms with E-state index in [1.165, 1.54) is 0 Å². The van der Waals surface area contributed by atoms with Crippen molar-refractivity contribution in [1.82, 2.24) is 0 Å². The second-order valence-electron chi connectivity index (χ2n) is 4.97. The molecule has 0 heterocycles. The van der Waals surface area contributed by atoms with E-state index in [4.69, 9.17) is 9.47 Å². The zero-order valence-corrected chi connectivity index (χ0v) is 12.1. The average molecular weight is 264 g/mol. The second kappa shape index (κ2) is 8.70. The number of hydrogen-bond acceptors (Lipinski definition) is 3. The lowest BCUT2D eigenvalue weighted by Gasteiger charge is -2.06. The number of ketones is 1. The van der Waals surface area contributed by atoms with Crippen molar-refractivity contribution in [2.45, 2.75) is 33.6 Å². The molecule has 0 aliphatic heterocycles. The summed E-state index contributed by atoms with van der Waals surface area (Å²) < 4.78 is 10.7. The topological polar surface area (TPSA) is 35.5 Å². The van der Waals surface area contributed by atoms with Crippen LogP contribution in [0.15, 0.2) is 24.3 Å². The third kappa shape index (κ3) is 6.39. The van der Waals surface area contributed by atoms with Crippen LogP contribution in [-0.4, -0.2) is 25.6 Å². The van der Waals surface area contributed by atoms with Gasteiger partial charge in [0, 0.05) is 12.2 Å². The third-order valence-electron chi connectivity index (χ3n) is 2.79. The summed E-state index contributed by atoms with van der Waals surface area (Å²) in [5, 5.41) is 0. The molecule has 0 saturated heterocycles. The number of rotatable bonds is 9. The van der Waals surface area contributed by atoms with E-state index in [0.717, 1.165) is 18.6 Å². The molecule has 0 fully saturated rings. The Morgan fingerprint density at radius 3 is 2.47 bits per heavy atom. The van der Waals surface area contributed by atoms with Crippen molar-refractivity contribution >= 4 is 5.78 Å². The third-order valence-corrected chi connectivity index (χ3v) is 2.79. The van der Waals surface area contributed by atoms with Gasteiger partial charge in [0.15, 0.2) is 5.78 Å². The van der Waals surface area contributed by atoms with E-state index in [0.29, 0.717) is 24.7 Å². The average Bonchev–Trinajstić information content (AvgIpc) is 2.39. The van der Waals surface area contributed by atoms with Crippen LogP contribution in [0, 0.1) is 5.92 Å². The fourth-order valence-electron chi connectivity index (χ4n) is 1.75. The largest absolute Gasteiger partial charge is 0.494 e. The van der Waals surface area contributed by atoms with Crippen molar-refractivity contribution in [2.75, 3.05) is 19.8 Å². The zero-order valence-electron chi connectivity index (χ0n) is 12.1. The molecule has 0 aliphatic rings. The number of hydrogen-bond donors (Lipinski definition) is 0. The van der Waals surface area contributed by atoms with Gasteiger partial charge in [-0.3, -0.25) is 4.79 Å². The minimum Gasteiger partial charge on any atom is -0.494 e. The Morgan fingerprint density at radius 1 is 1.21 bits per heavy atom. The molecule has 0 radical (unpaired) electrons. The second-order valence-corrected chi connectivity index (χ2v) is 4.97. The number of benzene rings is 1. The van der Waals surface area contributed by atoms with E-state index in [1.807, 2.05) is 19.1 Å². The summed E-state index contributed by atoms with van der Waals surface area (Å²) in [5.41, 5.74) is 0.673. The van der Waals surface area contributed by atoms with Crippen LogP contribution in [0.2, 0.25) is 0 Å². The Morgan fingerprint density at radius 2 is 1.89 bits per heavy atom. The highest BCUT2D eigenvalue weighted by Crippen LogP contribution is 2.12. The van der Waals surface area contributed by atoms with Crippen LogP contribution >= 0.6 is 0 Å². The molecule has 0 spiro atoms. The van der Waals surface area contributed by atoms with E-state index in [1.54, 1.807) is 12.1 Å². The van der Waals surface area contributed by atoms with Crippen LogP contribution in [0.3, 0.4) is 0 Å². The number of carbonyl (C=O) groups excluding carboxylic acids is 1. The molecule has 0 unspecified atom stereocenters. The molecule has 1 aromatic rings. The van der Waals surface area contributed by atoms with Crippen molar-refractivity contribution in [3.63, 3.8) is 0 Å². The summed E-state index contributed by atoms with van der Waals surface area (Å²) in [6.07, 6.45) is 2.14. The Bertz CT molecular complexity index is 368. The molecule has 0 aliphatic carbocycles. The molecule has 0 N–H and O–H groups in total. The van der Waals surface area contributed by atoms with Crippen LogP contribution in [-0.2, 0) is 4.74 Å². The number of carbonyl (C=O) groups is 1. The minimum absolute atomic E-state index is 0.0209. The van der Waals surface area contributed by atoms with Gasteiger partial charge in [-0.1, -0.05) is 13.8 Å². The predicted molar refractivity (Wildman–Crippen MR) is 76.8 cm³/mol. The van der Waals surface area contributed by atoms with Crippen molar-refractivity contribution in [3.8, 4) is 5.75 Å². The molecule has 0 bridgehead atoms. The molecule has 0 amide bonds. The number of Topliss-reactive ketones (excluding diaryl/α,β-unsaturated/α-hetero) is 1. The monoisotopic (exact) mass is 264 g/mol. The summed E-state index contributed by atoms with van der Waals surface area (Å²) in [6.45, 7) is 7.75. The molecular formula is C16H24O3. The van der Waals surface area contributed by atoms with Gasteiger partial charge in [-0.2, -0.15) is 0 Å². The van der Waals surface area contributed by atoms with E-state index < -0.39 is 0 Å². The predicted octanol–water partition coefficient (Wildman–Crippen LogP) is 3.72. The minimum atomic E-state index is 0.0209. The van der Waals surface area contributed by atoms with E-state index >= 15 is 0 Å². The van der Waals surface area contributed by atoms with Crippen LogP contribution in [0.5, 0.6) is 5.75 Å². The maximum Gasteiger partial charge on any atom is 0.188 e. The Balaban J connectivity index is 2.29. The smallest absolute Gasteiger partial charge is 0.188 e. The van der Waals surface area contributed by atoms with Crippen LogP contribution in [0.4, 0.5) is 0 Å². The highest BCUT2D eigenvalue weighted by Gasteiger charge is 2.06. The molecule has 3 heteroatoms. The lowest BCUT2D eigenvalue weighted by molar-refractivity contribution is 0.0749. The Labute approximate surface area is 115 Å². The lowest BCUT2D eigenvalue weighted by Crippen LogP contribution is -2.10. The zero-order chi connectivity index (χ0) is 14.1.